The van der Waals surface area contributed by atoms with Gasteiger partial charge in [-0.3, -0.25) is 9.78 Å². The number of benzene rings is 2. The summed E-state index contributed by atoms with van der Waals surface area (Å²) in [5, 5.41) is 2.96. The lowest BCUT2D eigenvalue weighted by Gasteiger charge is -2.06. The van der Waals surface area contributed by atoms with Crippen LogP contribution >= 0.6 is 0 Å². The molecule has 7 nitrogen and oxygen atoms in total. The smallest absolute Gasteiger partial charge is 0.252 e. The number of H-pyrrole nitrogens is 1. The summed E-state index contributed by atoms with van der Waals surface area (Å²) >= 11 is 0. The number of nitrogens with two attached hydrogens (primary N) is 1. The lowest BCUT2D eigenvalue weighted by Crippen LogP contribution is -2.22. The van der Waals surface area contributed by atoms with Crippen LogP contribution in [0.4, 0.5) is 11.6 Å². The van der Waals surface area contributed by atoms with Crippen LogP contribution in [0.1, 0.15) is 5.56 Å². The molecular formula is C19H19N5O2. The molecule has 1 heterocycles. The second-order valence-electron chi connectivity index (χ2n) is 5.67. The van der Waals surface area contributed by atoms with Crippen LogP contribution in [0.3, 0.4) is 0 Å². The number of guanidine groups is 1. The van der Waals surface area contributed by atoms with Crippen LogP contribution in [-0.4, -0.2) is 23.0 Å². The van der Waals surface area contributed by atoms with Crippen molar-refractivity contribution in [3.63, 3.8) is 0 Å². The Morgan fingerprint density at radius 1 is 1.15 bits per heavy atom. The molecule has 3 aromatic rings. The lowest BCUT2D eigenvalue weighted by atomic mass is 10.1. The number of anilines is 1. The van der Waals surface area contributed by atoms with Crippen LogP contribution in [0, 0.1) is 6.92 Å². The average molecular weight is 349 g/mol. The predicted molar refractivity (Wildman–Crippen MR) is 103 cm³/mol. The van der Waals surface area contributed by atoms with Crippen LogP contribution in [-0.2, 0) is 0 Å². The van der Waals surface area contributed by atoms with E-state index in [4.69, 9.17) is 10.5 Å². The molecular weight excluding hydrogens is 330 g/mol. The summed E-state index contributed by atoms with van der Waals surface area (Å²) in [6.45, 7) is 2.00. The maximum Gasteiger partial charge on any atom is 0.252 e. The van der Waals surface area contributed by atoms with Gasteiger partial charge in [-0.2, -0.15) is 4.99 Å². The van der Waals surface area contributed by atoms with Crippen LogP contribution in [0.25, 0.3) is 11.3 Å². The molecule has 0 saturated heterocycles. The molecule has 0 radical (unpaired) electrons. The molecule has 0 atom stereocenters. The van der Waals surface area contributed by atoms with Crippen LogP contribution < -0.4 is 21.3 Å². The van der Waals surface area contributed by atoms with Gasteiger partial charge in [0.1, 0.15) is 5.75 Å². The first-order chi connectivity index (χ1) is 12.5. The largest absolute Gasteiger partial charge is 0.497 e. The van der Waals surface area contributed by atoms with Gasteiger partial charge >= 0.3 is 0 Å². The first-order valence-electron chi connectivity index (χ1n) is 7.97. The van der Waals surface area contributed by atoms with Gasteiger partial charge in [0.05, 0.1) is 12.8 Å². The molecule has 0 aliphatic carbocycles. The van der Waals surface area contributed by atoms with Gasteiger partial charge < -0.3 is 15.8 Å². The second-order valence-corrected chi connectivity index (χ2v) is 5.67. The summed E-state index contributed by atoms with van der Waals surface area (Å²) < 4.78 is 5.13. The van der Waals surface area contributed by atoms with Crippen molar-refractivity contribution >= 4 is 17.6 Å². The number of aromatic nitrogens is 2. The van der Waals surface area contributed by atoms with Crippen LogP contribution in [0.2, 0.25) is 0 Å². The zero-order chi connectivity index (χ0) is 18.5. The van der Waals surface area contributed by atoms with E-state index in [9.17, 15) is 4.79 Å². The number of nitrogens with zero attached hydrogens (tertiary/aromatic N) is 2. The molecule has 0 aliphatic rings. The van der Waals surface area contributed by atoms with Gasteiger partial charge in [-0.05, 0) is 43.3 Å². The minimum absolute atomic E-state index is 0.125. The number of aliphatic imine (C=N–C) groups is 1. The van der Waals surface area contributed by atoms with Crippen molar-refractivity contribution in [2.45, 2.75) is 6.92 Å². The molecule has 7 heteroatoms. The van der Waals surface area contributed by atoms with E-state index in [0.29, 0.717) is 5.69 Å². The maximum absolute atomic E-state index is 11.9. The SMILES string of the molecule is COc1ccc(-c2cc(=O)[nH]c(/N=C(\N)Nc3ccc(C)cc3)n2)cc1. The van der Waals surface area contributed by atoms with E-state index < -0.39 is 0 Å². The van der Waals surface area contributed by atoms with E-state index in [-0.39, 0.29) is 17.5 Å². The number of nitrogens with one attached hydrogen (secondary N) is 2. The summed E-state index contributed by atoms with van der Waals surface area (Å²) in [5.41, 5.74) is 8.81. The topological polar surface area (TPSA) is 105 Å². The Morgan fingerprint density at radius 3 is 2.50 bits per heavy atom. The van der Waals surface area contributed by atoms with Gasteiger partial charge in [0.15, 0.2) is 0 Å². The Hall–Kier alpha value is -3.61. The van der Waals surface area contributed by atoms with Gasteiger partial charge in [-0.1, -0.05) is 17.7 Å². The summed E-state index contributed by atoms with van der Waals surface area (Å²) in [6, 6.07) is 16.3. The Kier molecular flexibility index (Phi) is 4.98. The van der Waals surface area contributed by atoms with Gasteiger partial charge in [-0.25, -0.2) is 4.98 Å². The van der Waals surface area contributed by atoms with E-state index in [2.05, 4.69) is 20.3 Å². The molecule has 2 aromatic carbocycles. The summed E-state index contributed by atoms with van der Waals surface area (Å²) in [7, 11) is 1.59. The summed E-state index contributed by atoms with van der Waals surface area (Å²) in [4.78, 5) is 23.0. The lowest BCUT2D eigenvalue weighted by molar-refractivity contribution is 0.415. The highest BCUT2D eigenvalue weighted by Crippen LogP contribution is 2.20. The minimum Gasteiger partial charge on any atom is -0.497 e. The highest BCUT2D eigenvalue weighted by molar-refractivity contribution is 5.93. The normalized spacial score (nSPS) is 11.2. The average Bonchev–Trinajstić information content (AvgIpc) is 2.63. The van der Waals surface area contributed by atoms with Crippen molar-refractivity contribution in [2.75, 3.05) is 12.4 Å². The van der Waals surface area contributed by atoms with Crippen molar-refractivity contribution in [1.29, 1.82) is 0 Å². The maximum atomic E-state index is 11.9. The molecule has 0 fully saturated rings. The van der Waals surface area contributed by atoms with Gasteiger partial charge in [0, 0.05) is 17.3 Å². The van der Waals surface area contributed by atoms with Crippen molar-refractivity contribution in [2.24, 2.45) is 10.7 Å². The number of ether oxygens (including phenoxy) is 1. The fourth-order valence-corrected chi connectivity index (χ4v) is 2.33. The zero-order valence-electron chi connectivity index (χ0n) is 14.5. The van der Waals surface area contributed by atoms with E-state index in [1.807, 2.05) is 43.3 Å². The molecule has 0 bridgehead atoms. The van der Waals surface area contributed by atoms with E-state index in [1.165, 1.54) is 6.07 Å². The standard InChI is InChI=1S/C19H19N5O2/c1-12-3-7-14(8-4-12)21-18(20)24-19-22-16(11-17(25)23-19)13-5-9-15(26-2)10-6-13/h3-11H,1-2H3,(H4,20,21,22,23,24,25). The molecule has 0 aliphatic heterocycles. The number of hydrogen-bond donors (Lipinski definition) is 3. The predicted octanol–water partition coefficient (Wildman–Crippen LogP) is 2.81. The first kappa shape index (κ1) is 17.2. The zero-order valence-corrected chi connectivity index (χ0v) is 14.5. The number of rotatable bonds is 4. The summed E-state index contributed by atoms with van der Waals surface area (Å²) in [5.74, 6) is 0.979. The molecule has 26 heavy (non-hydrogen) atoms. The molecule has 0 amide bonds. The molecule has 1 aromatic heterocycles. The molecule has 0 saturated carbocycles. The van der Waals surface area contributed by atoms with Crippen molar-refractivity contribution in [3.05, 3.63) is 70.5 Å². The number of aromatic amines is 1. The number of hydrogen-bond acceptors (Lipinski definition) is 4. The Bertz CT molecular complexity index is 976. The highest BCUT2D eigenvalue weighted by atomic mass is 16.5. The fourth-order valence-electron chi connectivity index (χ4n) is 2.33. The molecule has 3 rings (SSSR count). The molecule has 4 N–H and O–H groups in total. The molecule has 0 spiro atoms. The third kappa shape index (κ3) is 4.27. The second kappa shape index (κ2) is 7.52. The third-order valence-electron chi connectivity index (χ3n) is 3.67. The van der Waals surface area contributed by atoms with Gasteiger partial charge in [0.25, 0.3) is 5.56 Å². The molecule has 132 valence electrons. The Morgan fingerprint density at radius 2 is 1.85 bits per heavy atom. The quantitative estimate of drug-likeness (QED) is 0.496. The summed E-state index contributed by atoms with van der Waals surface area (Å²) in [6.07, 6.45) is 0. The van der Waals surface area contributed by atoms with Crippen molar-refractivity contribution < 1.29 is 4.74 Å². The minimum atomic E-state index is -0.312. The Labute approximate surface area is 150 Å². The van der Waals surface area contributed by atoms with Gasteiger partial charge in [-0.15, -0.1) is 0 Å². The van der Waals surface area contributed by atoms with Crippen LogP contribution in [0.5, 0.6) is 5.75 Å². The first-order valence-corrected chi connectivity index (χ1v) is 7.97. The third-order valence-corrected chi connectivity index (χ3v) is 3.67. The van der Waals surface area contributed by atoms with E-state index in [0.717, 1.165) is 22.6 Å². The molecule has 0 unspecified atom stereocenters. The fraction of sp³-hybridized carbons (Fsp3) is 0.105. The monoisotopic (exact) mass is 349 g/mol. The van der Waals surface area contributed by atoms with Gasteiger partial charge in [0.2, 0.25) is 11.9 Å². The van der Waals surface area contributed by atoms with Crippen molar-refractivity contribution in [3.8, 4) is 17.0 Å². The van der Waals surface area contributed by atoms with Crippen molar-refractivity contribution in [1.82, 2.24) is 9.97 Å². The highest BCUT2D eigenvalue weighted by Gasteiger charge is 2.05. The van der Waals surface area contributed by atoms with Crippen LogP contribution in [0.15, 0.2) is 64.4 Å². The Balaban J connectivity index is 1.86. The van der Waals surface area contributed by atoms with E-state index >= 15 is 0 Å². The van der Waals surface area contributed by atoms with E-state index in [1.54, 1.807) is 19.2 Å². The number of methoxy groups -OCH3 is 1. The number of aryl methyl sites for hydroxylation is 1.